The number of hydrogen-bond acceptors (Lipinski definition) is 4. The van der Waals surface area contributed by atoms with E-state index in [1.165, 1.54) is 7.11 Å². The van der Waals surface area contributed by atoms with E-state index in [1.54, 1.807) is 18.2 Å². The number of ether oxygens (including phenoxy) is 1. The van der Waals surface area contributed by atoms with E-state index < -0.39 is 18.2 Å². The first-order chi connectivity index (χ1) is 9.56. The zero-order valence-electron chi connectivity index (χ0n) is 10.7. The third kappa shape index (κ3) is 2.87. The normalized spacial score (nSPS) is 10.8. The molecule has 1 aromatic heterocycles. The van der Waals surface area contributed by atoms with Crippen molar-refractivity contribution >= 4 is 32.7 Å². The summed E-state index contributed by atoms with van der Waals surface area (Å²) in [7, 11) is 1.23. The SMILES string of the molecule is COC(=O)Cn1nc(CCF)c2ccc(Br)cc2c1=O. The molecule has 20 heavy (non-hydrogen) atoms. The number of fused-ring (bicyclic) bond motifs is 1. The lowest BCUT2D eigenvalue weighted by Gasteiger charge is -2.09. The van der Waals surface area contributed by atoms with Crippen molar-refractivity contribution in [2.75, 3.05) is 13.8 Å². The second-order valence-electron chi connectivity index (χ2n) is 4.11. The van der Waals surface area contributed by atoms with Crippen molar-refractivity contribution < 1.29 is 13.9 Å². The van der Waals surface area contributed by atoms with Crippen LogP contribution in [0.3, 0.4) is 0 Å². The van der Waals surface area contributed by atoms with Gasteiger partial charge >= 0.3 is 5.97 Å². The van der Waals surface area contributed by atoms with Gasteiger partial charge in [-0.05, 0) is 12.1 Å². The summed E-state index contributed by atoms with van der Waals surface area (Å²) in [5.74, 6) is -0.583. The van der Waals surface area contributed by atoms with Crippen LogP contribution in [0.15, 0.2) is 27.5 Å². The molecule has 1 heterocycles. The lowest BCUT2D eigenvalue weighted by Crippen LogP contribution is -2.28. The van der Waals surface area contributed by atoms with E-state index in [4.69, 9.17) is 0 Å². The van der Waals surface area contributed by atoms with Gasteiger partial charge < -0.3 is 4.74 Å². The second kappa shape index (κ2) is 6.13. The zero-order chi connectivity index (χ0) is 14.7. The summed E-state index contributed by atoms with van der Waals surface area (Å²) in [6.07, 6.45) is 0.0829. The molecular weight excluding hydrogens is 331 g/mol. The van der Waals surface area contributed by atoms with Crippen molar-refractivity contribution in [1.82, 2.24) is 9.78 Å². The number of hydrogen-bond donors (Lipinski definition) is 0. The number of rotatable bonds is 4. The van der Waals surface area contributed by atoms with Crippen LogP contribution >= 0.6 is 15.9 Å². The lowest BCUT2D eigenvalue weighted by molar-refractivity contribution is -0.141. The first-order valence-corrected chi connectivity index (χ1v) is 6.68. The molecule has 7 heteroatoms. The highest BCUT2D eigenvalue weighted by atomic mass is 79.9. The highest BCUT2D eigenvalue weighted by Crippen LogP contribution is 2.19. The fourth-order valence-electron chi connectivity index (χ4n) is 1.90. The molecule has 0 fully saturated rings. The van der Waals surface area contributed by atoms with E-state index in [1.807, 2.05) is 0 Å². The molecule has 2 rings (SSSR count). The van der Waals surface area contributed by atoms with Gasteiger partial charge in [-0.3, -0.25) is 14.0 Å². The number of carbonyl (C=O) groups is 1. The van der Waals surface area contributed by atoms with E-state index in [0.29, 0.717) is 16.5 Å². The minimum Gasteiger partial charge on any atom is -0.468 e. The molecule has 0 unspecified atom stereocenters. The van der Waals surface area contributed by atoms with E-state index in [-0.39, 0.29) is 13.0 Å². The Morgan fingerprint density at radius 1 is 1.45 bits per heavy atom. The van der Waals surface area contributed by atoms with Gasteiger partial charge in [0.1, 0.15) is 6.54 Å². The molecule has 0 aliphatic carbocycles. The van der Waals surface area contributed by atoms with Gasteiger partial charge in [0.2, 0.25) is 0 Å². The average molecular weight is 343 g/mol. The Hall–Kier alpha value is -1.76. The molecule has 0 N–H and O–H groups in total. The maximum Gasteiger partial charge on any atom is 0.327 e. The molecule has 5 nitrogen and oxygen atoms in total. The van der Waals surface area contributed by atoms with Gasteiger partial charge in [0, 0.05) is 16.3 Å². The highest BCUT2D eigenvalue weighted by molar-refractivity contribution is 9.10. The number of aromatic nitrogens is 2. The smallest absolute Gasteiger partial charge is 0.327 e. The van der Waals surface area contributed by atoms with Crippen LogP contribution in [-0.2, 0) is 22.5 Å². The first-order valence-electron chi connectivity index (χ1n) is 5.89. The summed E-state index contributed by atoms with van der Waals surface area (Å²) < 4.78 is 18.9. The van der Waals surface area contributed by atoms with Crippen molar-refractivity contribution in [1.29, 1.82) is 0 Å². The van der Waals surface area contributed by atoms with Crippen LogP contribution in [0.1, 0.15) is 5.69 Å². The van der Waals surface area contributed by atoms with E-state index >= 15 is 0 Å². The van der Waals surface area contributed by atoms with Crippen molar-refractivity contribution in [2.45, 2.75) is 13.0 Å². The number of alkyl halides is 1. The van der Waals surface area contributed by atoms with Crippen LogP contribution in [0.4, 0.5) is 4.39 Å². The Labute approximate surface area is 122 Å². The Morgan fingerprint density at radius 2 is 2.20 bits per heavy atom. The van der Waals surface area contributed by atoms with Crippen LogP contribution in [-0.4, -0.2) is 29.5 Å². The zero-order valence-corrected chi connectivity index (χ0v) is 12.3. The van der Waals surface area contributed by atoms with Gasteiger partial charge in [-0.1, -0.05) is 22.0 Å². The lowest BCUT2D eigenvalue weighted by atomic mass is 10.1. The molecule has 0 aliphatic rings. The molecule has 0 aliphatic heterocycles. The molecule has 0 atom stereocenters. The average Bonchev–Trinajstić information content (AvgIpc) is 2.44. The molecule has 0 spiro atoms. The summed E-state index contributed by atoms with van der Waals surface area (Å²) in [4.78, 5) is 23.6. The second-order valence-corrected chi connectivity index (χ2v) is 5.03. The van der Waals surface area contributed by atoms with Crippen LogP contribution in [0, 0.1) is 0 Å². The Bertz CT molecular complexity index is 715. The minimum atomic E-state index is -0.589. The quantitative estimate of drug-likeness (QED) is 0.795. The number of carbonyl (C=O) groups excluding carboxylic acids is 1. The summed E-state index contributed by atoms with van der Waals surface area (Å²) >= 11 is 3.28. The molecule has 0 saturated carbocycles. The molecule has 1 aromatic carbocycles. The number of aryl methyl sites for hydroxylation is 1. The summed E-state index contributed by atoms with van der Waals surface area (Å²) in [6.45, 7) is -0.883. The van der Waals surface area contributed by atoms with Crippen molar-refractivity contribution in [3.05, 3.63) is 38.7 Å². The fraction of sp³-hybridized carbons (Fsp3) is 0.308. The number of halogens is 2. The molecule has 0 bridgehead atoms. The third-order valence-electron chi connectivity index (χ3n) is 2.84. The van der Waals surface area contributed by atoms with Crippen LogP contribution in [0.5, 0.6) is 0 Å². The number of benzene rings is 1. The van der Waals surface area contributed by atoms with Crippen LogP contribution < -0.4 is 5.56 Å². The van der Waals surface area contributed by atoms with Gasteiger partial charge in [0.25, 0.3) is 5.56 Å². The summed E-state index contributed by atoms with van der Waals surface area (Å²) in [5.41, 5.74) is 0.0350. The molecule has 0 saturated heterocycles. The van der Waals surface area contributed by atoms with Gasteiger partial charge in [-0.25, -0.2) is 4.68 Å². The molecular formula is C13H12BrFN2O3. The Balaban J connectivity index is 2.67. The third-order valence-corrected chi connectivity index (χ3v) is 3.33. The largest absolute Gasteiger partial charge is 0.468 e. The monoisotopic (exact) mass is 342 g/mol. The van der Waals surface area contributed by atoms with Gasteiger partial charge in [0.15, 0.2) is 0 Å². The van der Waals surface area contributed by atoms with Crippen molar-refractivity contribution in [2.24, 2.45) is 0 Å². The molecule has 0 amide bonds. The number of esters is 1. The van der Waals surface area contributed by atoms with Gasteiger partial charge in [0.05, 0.1) is 24.9 Å². The summed E-state index contributed by atoms with van der Waals surface area (Å²) in [5, 5.41) is 5.04. The van der Waals surface area contributed by atoms with Crippen LogP contribution in [0.25, 0.3) is 10.8 Å². The van der Waals surface area contributed by atoms with E-state index in [9.17, 15) is 14.0 Å². The van der Waals surface area contributed by atoms with E-state index in [0.717, 1.165) is 9.15 Å². The topological polar surface area (TPSA) is 61.2 Å². The number of nitrogens with zero attached hydrogens (tertiary/aromatic N) is 2. The molecule has 2 aromatic rings. The van der Waals surface area contributed by atoms with Gasteiger partial charge in [-0.2, -0.15) is 5.10 Å². The number of methoxy groups -OCH3 is 1. The Morgan fingerprint density at radius 3 is 2.85 bits per heavy atom. The molecule has 0 radical (unpaired) electrons. The van der Waals surface area contributed by atoms with E-state index in [2.05, 4.69) is 25.8 Å². The fourth-order valence-corrected chi connectivity index (χ4v) is 2.26. The standard InChI is InChI=1S/C13H12BrFN2O3/c1-20-12(18)7-17-13(19)10-6-8(14)2-3-9(10)11(16-17)4-5-15/h2-3,6H,4-5,7H2,1H3. The minimum absolute atomic E-state index is 0.0829. The predicted octanol–water partition coefficient (Wildman–Crippen LogP) is 1.84. The van der Waals surface area contributed by atoms with Gasteiger partial charge in [-0.15, -0.1) is 0 Å². The predicted molar refractivity (Wildman–Crippen MR) is 75.4 cm³/mol. The maximum atomic E-state index is 12.6. The van der Waals surface area contributed by atoms with Crippen molar-refractivity contribution in [3.63, 3.8) is 0 Å². The van der Waals surface area contributed by atoms with Crippen LogP contribution in [0.2, 0.25) is 0 Å². The molecule has 106 valence electrons. The first kappa shape index (κ1) is 14.6. The maximum absolute atomic E-state index is 12.6. The van der Waals surface area contributed by atoms with Crippen molar-refractivity contribution in [3.8, 4) is 0 Å². The highest BCUT2D eigenvalue weighted by Gasteiger charge is 2.13. The summed E-state index contributed by atoms with van der Waals surface area (Å²) in [6, 6.07) is 5.10. The Kier molecular flexibility index (Phi) is 4.49.